The number of benzene rings is 1. The first-order valence-electron chi connectivity index (χ1n) is 5.49. The first kappa shape index (κ1) is 17.8. The Labute approximate surface area is 143 Å². The van der Waals surface area contributed by atoms with Gasteiger partial charge in [0.2, 0.25) is 5.91 Å². The number of nitrogens with zero attached hydrogens (tertiary/aromatic N) is 2. The van der Waals surface area contributed by atoms with Crippen molar-refractivity contribution in [3.8, 4) is 0 Å². The fourth-order valence-electron chi connectivity index (χ4n) is 1.54. The molecule has 0 bridgehead atoms. The molecule has 0 fully saturated rings. The minimum absolute atomic E-state index is 0. The van der Waals surface area contributed by atoms with Crippen LogP contribution < -0.4 is 5.32 Å². The van der Waals surface area contributed by atoms with Crippen LogP contribution in [0.1, 0.15) is 27.4 Å². The van der Waals surface area contributed by atoms with Crippen molar-refractivity contribution in [2.45, 2.75) is 20.0 Å². The van der Waals surface area contributed by atoms with Crippen molar-refractivity contribution in [3.05, 3.63) is 40.8 Å². The Balaban J connectivity index is 0.00000220. The first-order valence-corrected chi connectivity index (χ1v) is 5.49. The van der Waals surface area contributed by atoms with Gasteiger partial charge in [-0.25, -0.2) is 0 Å². The fourth-order valence-corrected chi connectivity index (χ4v) is 1.54. The number of hydrogen-bond acceptors (Lipinski definition) is 4. The molecule has 109 valence electrons. The molecular weight excluding hydrogens is 364 g/mol. The van der Waals surface area contributed by atoms with Crippen LogP contribution in [0.5, 0.6) is 0 Å². The van der Waals surface area contributed by atoms with E-state index in [9.17, 15) is 18.0 Å². The van der Waals surface area contributed by atoms with Crippen molar-refractivity contribution in [1.82, 2.24) is 10.2 Å². The van der Waals surface area contributed by atoms with E-state index in [2.05, 4.69) is 26.0 Å². The second-order valence-corrected chi connectivity index (χ2v) is 4.04. The Morgan fingerprint density at radius 1 is 1.29 bits per heavy atom. The topological polar surface area (TPSA) is 68.0 Å². The van der Waals surface area contributed by atoms with Gasteiger partial charge in [0.15, 0.2) is 0 Å². The molecule has 0 aliphatic rings. The number of hydrogen-bond donors (Lipinski definition) is 1. The Hall–Kier alpha value is -1.28. The molecule has 1 N–H and O–H groups in total. The van der Waals surface area contributed by atoms with Gasteiger partial charge in [0, 0.05) is 32.7 Å². The van der Waals surface area contributed by atoms with Gasteiger partial charge in [-0.1, -0.05) is 24.5 Å². The summed E-state index contributed by atoms with van der Waals surface area (Å²) in [6, 6.07) is 5.52. The standard InChI is InChI=1S/C12H9F3N3O2.Y/c1-6-3-4-8(7(2)5-6)9(19)16-11-18-17-10(20-11)12(13,14)15;/h3-4H,1-2H3,(H,16,18,19);/q-1;. The number of carbonyl (C=O) groups is 1. The average Bonchev–Trinajstić information content (AvgIpc) is 2.76. The van der Waals surface area contributed by atoms with Crippen LogP contribution in [0.4, 0.5) is 19.2 Å². The van der Waals surface area contributed by atoms with Gasteiger partial charge in [0.1, 0.15) is 0 Å². The predicted molar refractivity (Wildman–Crippen MR) is 62.0 cm³/mol. The zero-order valence-electron chi connectivity index (χ0n) is 11.1. The molecule has 21 heavy (non-hydrogen) atoms. The van der Waals surface area contributed by atoms with Crippen molar-refractivity contribution < 1.29 is 55.1 Å². The number of carbonyl (C=O) groups excluding carboxylic acids is 1. The molecule has 0 unspecified atom stereocenters. The third-order valence-corrected chi connectivity index (χ3v) is 2.42. The Bertz CT molecular complexity index is 655. The number of nitrogens with one attached hydrogen (secondary N) is 1. The van der Waals surface area contributed by atoms with Gasteiger partial charge in [-0.15, -0.1) is 5.10 Å². The Morgan fingerprint density at radius 2 is 1.95 bits per heavy atom. The van der Waals surface area contributed by atoms with Crippen LogP contribution in [0.15, 0.2) is 16.5 Å². The van der Waals surface area contributed by atoms with E-state index in [0.29, 0.717) is 5.56 Å². The molecule has 0 atom stereocenters. The maximum absolute atomic E-state index is 12.3. The van der Waals surface area contributed by atoms with Gasteiger partial charge in [0.25, 0.3) is 0 Å². The summed E-state index contributed by atoms with van der Waals surface area (Å²) in [5, 5.41) is 8.03. The second-order valence-electron chi connectivity index (χ2n) is 4.04. The van der Waals surface area contributed by atoms with E-state index in [0.717, 1.165) is 5.56 Å². The minimum atomic E-state index is -4.75. The van der Waals surface area contributed by atoms with Crippen LogP contribution >= 0.6 is 0 Å². The first-order chi connectivity index (χ1) is 9.27. The zero-order chi connectivity index (χ0) is 14.9. The quantitative estimate of drug-likeness (QED) is 0.823. The number of anilines is 1. The normalized spacial score (nSPS) is 10.9. The van der Waals surface area contributed by atoms with Crippen molar-refractivity contribution in [3.63, 3.8) is 0 Å². The average molecular weight is 373 g/mol. The Morgan fingerprint density at radius 3 is 2.48 bits per heavy atom. The molecule has 1 aromatic heterocycles. The van der Waals surface area contributed by atoms with Crippen LogP contribution in [0, 0.1) is 19.9 Å². The van der Waals surface area contributed by atoms with E-state index in [1.54, 1.807) is 13.0 Å². The van der Waals surface area contributed by atoms with Crippen molar-refractivity contribution in [2.24, 2.45) is 0 Å². The van der Waals surface area contributed by atoms with Crippen molar-refractivity contribution >= 4 is 11.9 Å². The molecule has 2 aromatic rings. The van der Waals surface area contributed by atoms with E-state index in [1.165, 1.54) is 6.07 Å². The maximum Gasteiger partial charge on any atom is 0.470 e. The van der Waals surface area contributed by atoms with Crippen LogP contribution in [-0.2, 0) is 38.9 Å². The zero-order valence-corrected chi connectivity index (χ0v) is 13.9. The fraction of sp³-hybridized carbons (Fsp3) is 0.250. The van der Waals surface area contributed by atoms with Gasteiger partial charge in [-0.3, -0.25) is 10.1 Å². The summed E-state index contributed by atoms with van der Waals surface area (Å²) in [5.41, 5.74) is 1.68. The summed E-state index contributed by atoms with van der Waals surface area (Å²) in [4.78, 5) is 11.9. The van der Waals surface area contributed by atoms with Crippen molar-refractivity contribution in [2.75, 3.05) is 5.32 Å². The summed E-state index contributed by atoms with van der Waals surface area (Å²) in [7, 11) is 0. The molecule has 1 amide bonds. The maximum atomic E-state index is 12.3. The van der Waals surface area contributed by atoms with E-state index >= 15 is 0 Å². The molecule has 1 heterocycles. The number of halogens is 3. The third-order valence-electron chi connectivity index (χ3n) is 2.42. The van der Waals surface area contributed by atoms with E-state index < -0.39 is 24.0 Å². The predicted octanol–water partition coefficient (Wildman–Crippen LogP) is 2.76. The van der Waals surface area contributed by atoms with E-state index in [4.69, 9.17) is 0 Å². The minimum Gasteiger partial charge on any atom is -0.399 e. The number of rotatable bonds is 2. The number of aryl methyl sites for hydroxylation is 2. The third kappa shape index (κ3) is 4.34. The number of alkyl halides is 3. The van der Waals surface area contributed by atoms with Gasteiger partial charge >= 0.3 is 18.1 Å². The molecule has 0 aliphatic heterocycles. The van der Waals surface area contributed by atoms with Gasteiger partial charge in [-0.05, 0) is 0 Å². The number of aromatic nitrogens is 2. The molecule has 0 spiro atoms. The molecule has 0 saturated heterocycles. The smallest absolute Gasteiger partial charge is 0.399 e. The summed E-state index contributed by atoms with van der Waals surface area (Å²) in [6.07, 6.45) is -4.75. The molecule has 0 saturated carbocycles. The molecule has 2 rings (SSSR count). The van der Waals surface area contributed by atoms with Gasteiger partial charge < -0.3 is 4.42 Å². The molecular formula is C12H9F3N3O2Y-. The summed E-state index contributed by atoms with van der Waals surface area (Å²) >= 11 is 0. The summed E-state index contributed by atoms with van der Waals surface area (Å²) in [5.74, 6) is -2.16. The SMILES string of the molecule is Cc1[c-]c(C)c(C(=O)Nc2nnc(C(F)(F)F)o2)cc1.[Y]. The second kappa shape index (κ2) is 6.66. The number of amides is 1. The van der Waals surface area contributed by atoms with Gasteiger partial charge in [-0.2, -0.15) is 42.5 Å². The van der Waals surface area contributed by atoms with Crippen LogP contribution in [0.3, 0.4) is 0 Å². The monoisotopic (exact) mass is 373 g/mol. The van der Waals surface area contributed by atoms with Crippen LogP contribution in [0.25, 0.3) is 0 Å². The molecule has 5 nitrogen and oxygen atoms in total. The van der Waals surface area contributed by atoms with Crippen LogP contribution in [-0.4, -0.2) is 16.1 Å². The Kier molecular flexibility index (Phi) is 5.63. The van der Waals surface area contributed by atoms with Crippen LogP contribution in [0.2, 0.25) is 0 Å². The molecule has 1 radical (unpaired) electrons. The molecule has 1 aromatic carbocycles. The summed E-state index contributed by atoms with van der Waals surface area (Å²) < 4.78 is 41.1. The van der Waals surface area contributed by atoms with E-state index in [1.807, 2.05) is 6.92 Å². The largest absolute Gasteiger partial charge is 0.470 e. The van der Waals surface area contributed by atoms with Gasteiger partial charge in [0.05, 0.1) is 0 Å². The van der Waals surface area contributed by atoms with Crippen molar-refractivity contribution in [1.29, 1.82) is 0 Å². The summed E-state index contributed by atoms with van der Waals surface area (Å²) in [6.45, 7) is 3.47. The van der Waals surface area contributed by atoms with E-state index in [-0.39, 0.29) is 38.3 Å². The molecule has 9 heteroatoms. The molecule has 0 aliphatic carbocycles.